The third-order valence-corrected chi connectivity index (χ3v) is 2.95. The average molecular weight is 252 g/mol. The van der Waals surface area contributed by atoms with E-state index in [1.165, 1.54) is 19.2 Å². The van der Waals surface area contributed by atoms with Crippen LogP contribution in [0.4, 0.5) is 0 Å². The number of carbonyl (C=O) groups is 1. The molecule has 4 heteroatoms. The molecule has 1 aromatic carbocycles. The van der Waals surface area contributed by atoms with Crippen LogP contribution in [0.15, 0.2) is 12.1 Å². The molecule has 1 aromatic rings. The molecule has 0 atom stereocenters. The second-order valence-corrected chi connectivity index (χ2v) is 4.26. The van der Waals surface area contributed by atoms with E-state index >= 15 is 0 Å². The van der Waals surface area contributed by atoms with Crippen molar-refractivity contribution in [2.45, 2.75) is 39.0 Å². The van der Waals surface area contributed by atoms with Gasteiger partial charge >= 0.3 is 5.97 Å². The van der Waals surface area contributed by atoms with Gasteiger partial charge in [-0.15, -0.1) is 0 Å². The minimum atomic E-state index is -0.987. The zero-order valence-corrected chi connectivity index (χ0v) is 10.9. The number of aromatic hydroxyl groups is 1. The highest BCUT2D eigenvalue weighted by atomic mass is 16.5. The molecule has 2 N–H and O–H groups in total. The van der Waals surface area contributed by atoms with Crippen molar-refractivity contribution in [3.63, 3.8) is 0 Å². The quantitative estimate of drug-likeness (QED) is 0.731. The molecule has 0 saturated carbocycles. The van der Waals surface area contributed by atoms with Crippen molar-refractivity contribution >= 4 is 5.97 Å². The van der Waals surface area contributed by atoms with Gasteiger partial charge < -0.3 is 14.9 Å². The molecule has 18 heavy (non-hydrogen) atoms. The van der Waals surface area contributed by atoms with Crippen molar-refractivity contribution in [3.8, 4) is 11.5 Å². The molecular weight excluding hydrogens is 232 g/mol. The standard InChI is InChI=1S/C14H20O4/c1-3-4-5-6-7-10-11(14(16)17)8-9-12(15)13(10)18-2/h8-9,15H,3-7H2,1-2H3,(H,16,17). The van der Waals surface area contributed by atoms with Crippen molar-refractivity contribution in [2.75, 3.05) is 7.11 Å². The highest BCUT2D eigenvalue weighted by Crippen LogP contribution is 2.33. The number of benzene rings is 1. The van der Waals surface area contributed by atoms with Crippen LogP contribution in [-0.4, -0.2) is 23.3 Å². The molecule has 0 aliphatic rings. The van der Waals surface area contributed by atoms with E-state index in [1.54, 1.807) is 0 Å². The molecule has 0 heterocycles. The molecular formula is C14H20O4. The Morgan fingerprint density at radius 1 is 1.28 bits per heavy atom. The zero-order chi connectivity index (χ0) is 13.5. The number of hydrogen-bond donors (Lipinski definition) is 2. The lowest BCUT2D eigenvalue weighted by Gasteiger charge is -2.13. The van der Waals surface area contributed by atoms with Crippen LogP contribution in [0.3, 0.4) is 0 Å². The number of rotatable bonds is 7. The first-order chi connectivity index (χ1) is 8.61. The van der Waals surface area contributed by atoms with Gasteiger partial charge in [-0.05, 0) is 25.0 Å². The Bertz CT molecular complexity index is 413. The normalized spacial score (nSPS) is 10.3. The number of ether oxygens (including phenoxy) is 1. The lowest BCUT2D eigenvalue weighted by atomic mass is 9.99. The predicted octanol–water partition coefficient (Wildman–Crippen LogP) is 3.22. The monoisotopic (exact) mass is 252 g/mol. The Labute approximate surface area is 107 Å². The molecule has 100 valence electrons. The summed E-state index contributed by atoms with van der Waals surface area (Å²) in [5.74, 6) is -0.710. The van der Waals surface area contributed by atoms with Gasteiger partial charge in [-0.25, -0.2) is 4.79 Å². The van der Waals surface area contributed by atoms with Crippen LogP contribution >= 0.6 is 0 Å². The van der Waals surface area contributed by atoms with E-state index in [4.69, 9.17) is 9.84 Å². The molecule has 4 nitrogen and oxygen atoms in total. The smallest absolute Gasteiger partial charge is 0.336 e. The van der Waals surface area contributed by atoms with Crippen LogP contribution in [0, 0.1) is 0 Å². The minimum absolute atomic E-state index is 0.00649. The van der Waals surface area contributed by atoms with Gasteiger partial charge in [0.25, 0.3) is 0 Å². The number of phenolic OH excluding ortho intramolecular Hbond substituents is 1. The van der Waals surface area contributed by atoms with Gasteiger partial charge in [-0.1, -0.05) is 26.2 Å². The topological polar surface area (TPSA) is 66.8 Å². The van der Waals surface area contributed by atoms with Gasteiger partial charge in [0, 0.05) is 5.56 Å². The average Bonchev–Trinajstić information content (AvgIpc) is 2.34. The molecule has 0 spiro atoms. The summed E-state index contributed by atoms with van der Waals surface area (Å²) in [6, 6.07) is 2.78. The summed E-state index contributed by atoms with van der Waals surface area (Å²) in [5.41, 5.74) is 0.794. The summed E-state index contributed by atoms with van der Waals surface area (Å²) < 4.78 is 5.11. The molecule has 0 aromatic heterocycles. The van der Waals surface area contributed by atoms with Gasteiger partial charge in [0.2, 0.25) is 0 Å². The van der Waals surface area contributed by atoms with Crippen molar-refractivity contribution in [1.29, 1.82) is 0 Å². The largest absolute Gasteiger partial charge is 0.504 e. The van der Waals surface area contributed by atoms with E-state index in [0.29, 0.717) is 12.0 Å². The lowest BCUT2D eigenvalue weighted by Crippen LogP contribution is -2.05. The van der Waals surface area contributed by atoms with E-state index in [2.05, 4.69) is 6.92 Å². The number of phenols is 1. The Kier molecular flexibility index (Phi) is 5.49. The number of aromatic carboxylic acids is 1. The molecule has 0 amide bonds. The molecule has 0 unspecified atom stereocenters. The van der Waals surface area contributed by atoms with Gasteiger partial charge in [-0.3, -0.25) is 0 Å². The maximum atomic E-state index is 11.2. The Morgan fingerprint density at radius 3 is 2.56 bits per heavy atom. The Balaban J connectivity index is 2.96. The predicted molar refractivity (Wildman–Crippen MR) is 69.5 cm³/mol. The van der Waals surface area contributed by atoms with E-state index in [1.807, 2.05) is 0 Å². The van der Waals surface area contributed by atoms with Crippen LogP contribution in [-0.2, 0) is 6.42 Å². The summed E-state index contributed by atoms with van der Waals surface area (Å²) >= 11 is 0. The summed E-state index contributed by atoms with van der Waals surface area (Å²) in [5, 5.41) is 18.8. The van der Waals surface area contributed by atoms with Crippen LogP contribution in [0.25, 0.3) is 0 Å². The van der Waals surface area contributed by atoms with Crippen molar-refractivity contribution < 1.29 is 19.7 Å². The molecule has 0 saturated heterocycles. The van der Waals surface area contributed by atoms with Gasteiger partial charge in [0.05, 0.1) is 12.7 Å². The van der Waals surface area contributed by atoms with Crippen LogP contribution in [0.1, 0.15) is 48.5 Å². The highest BCUT2D eigenvalue weighted by Gasteiger charge is 2.17. The van der Waals surface area contributed by atoms with Gasteiger partial charge in [0.15, 0.2) is 11.5 Å². The molecule has 0 radical (unpaired) electrons. The van der Waals surface area contributed by atoms with Gasteiger partial charge in [-0.2, -0.15) is 0 Å². The SMILES string of the molecule is CCCCCCc1c(C(=O)O)ccc(O)c1OC. The van der Waals surface area contributed by atoms with E-state index in [0.717, 1.165) is 25.7 Å². The molecule has 0 fully saturated rings. The lowest BCUT2D eigenvalue weighted by molar-refractivity contribution is 0.0695. The Hall–Kier alpha value is -1.71. The first kappa shape index (κ1) is 14.4. The number of hydrogen-bond acceptors (Lipinski definition) is 3. The number of carboxylic acid groups (broad SMARTS) is 1. The first-order valence-electron chi connectivity index (χ1n) is 6.24. The highest BCUT2D eigenvalue weighted by molar-refractivity contribution is 5.90. The third kappa shape index (κ3) is 3.39. The molecule has 0 aliphatic heterocycles. The number of carboxylic acids is 1. The summed E-state index contributed by atoms with van der Waals surface area (Å²) in [4.78, 5) is 11.2. The second kappa shape index (κ2) is 6.89. The van der Waals surface area contributed by atoms with Crippen LogP contribution < -0.4 is 4.74 Å². The summed E-state index contributed by atoms with van der Waals surface area (Å²) in [6.45, 7) is 2.12. The first-order valence-corrected chi connectivity index (χ1v) is 6.24. The summed E-state index contributed by atoms with van der Waals surface area (Å²) in [7, 11) is 1.44. The van der Waals surface area contributed by atoms with Crippen LogP contribution in [0.5, 0.6) is 11.5 Å². The minimum Gasteiger partial charge on any atom is -0.504 e. The van der Waals surface area contributed by atoms with Crippen molar-refractivity contribution in [2.24, 2.45) is 0 Å². The van der Waals surface area contributed by atoms with Crippen LogP contribution in [0.2, 0.25) is 0 Å². The maximum absolute atomic E-state index is 11.2. The second-order valence-electron chi connectivity index (χ2n) is 4.26. The Morgan fingerprint density at radius 2 is 2.00 bits per heavy atom. The summed E-state index contributed by atoms with van der Waals surface area (Å²) in [6.07, 6.45) is 4.81. The van der Waals surface area contributed by atoms with Crippen molar-refractivity contribution in [3.05, 3.63) is 23.3 Å². The van der Waals surface area contributed by atoms with Crippen molar-refractivity contribution in [1.82, 2.24) is 0 Å². The fraction of sp³-hybridized carbons (Fsp3) is 0.500. The van der Waals surface area contributed by atoms with E-state index in [-0.39, 0.29) is 17.1 Å². The third-order valence-electron chi connectivity index (χ3n) is 2.95. The number of methoxy groups -OCH3 is 1. The molecule has 1 rings (SSSR count). The molecule has 0 aliphatic carbocycles. The fourth-order valence-electron chi connectivity index (χ4n) is 2.02. The van der Waals surface area contributed by atoms with Gasteiger partial charge in [0.1, 0.15) is 0 Å². The molecule has 0 bridgehead atoms. The van der Waals surface area contributed by atoms with E-state index < -0.39 is 5.97 Å². The number of unbranched alkanes of at least 4 members (excludes halogenated alkanes) is 3. The van der Waals surface area contributed by atoms with E-state index in [9.17, 15) is 9.90 Å². The zero-order valence-electron chi connectivity index (χ0n) is 10.9. The fourth-order valence-corrected chi connectivity index (χ4v) is 2.02. The maximum Gasteiger partial charge on any atom is 0.336 e.